The summed E-state index contributed by atoms with van der Waals surface area (Å²) < 4.78 is 12.4. The smallest absolute Gasteiger partial charge is 0.343 e. The number of fused-ring (bicyclic) bond motifs is 1. The number of nitrogens with zero attached hydrogens (tertiary/aromatic N) is 2. The molecule has 0 bridgehead atoms. The number of nitriles is 1. The molecule has 1 aliphatic rings. The molecule has 0 saturated heterocycles. The Balaban J connectivity index is 1.43. The van der Waals surface area contributed by atoms with E-state index in [1.54, 1.807) is 36.0 Å². The average molecular weight is 403 g/mol. The molecule has 0 spiro atoms. The molecule has 0 unspecified atom stereocenters. The fraction of sp³-hybridized carbons (Fsp3) is 0.261. The van der Waals surface area contributed by atoms with Gasteiger partial charge >= 0.3 is 5.97 Å². The fourth-order valence-electron chi connectivity index (χ4n) is 3.87. The lowest BCUT2D eigenvalue weighted by molar-refractivity contribution is -0.125. The number of rotatable bonds is 5. The Labute approximate surface area is 173 Å². The van der Waals surface area contributed by atoms with Crippen molar-refractivity contribution in [2.75, 3.05) is 6.61 Å². The Kier molecular flexibility index (Phi) is 5.40. The van der Waals surface area contributed by atoms with Crippen molar-refractivity contribution in [3.63, 3.8) is 0 Å². The summed E-state index contributed by atoms with van der Waals surface area (Å²) in [5.41, 5.74) is 2.46. The molecule has 1 amide bonds. The average Bonchev–Trinajstić information content (AvgIpc) is 3.39. The minimum Gasteiger partial charge on any atom is -0.452 e. The van der Waals surface area contributed by atoms with E-state index in [0.29, 0.717) is 0 Å². The van der Waals surface area contributed by atoms with Gasteiger partial charge in [0.2, 0.25) is 5.88 Å². The van der Waals surface area contributed by atoms with Crippen molar-refractivity contribution in [1.82, 2.24) is 9.88 Å². The molecular weight excluding hydrogens is 382 g/mol. The number of ether oxygens (including phenoxy) is 1. The third-order valence-corrected chi connectivity index (χ3v) is 5.26. The summed E-state index contributed by atoms with van der Waals surface area (Å²) in [4.78, 5) is 25.0. The zero-order valence-electron chi connectivity index (χ0n) is 16.6. The first-order valence-corrected chi connectivity index (χ1v) is 9.79. The first kappa shape index (κ1) is 19.5. The second-order valence-corrected chi connectivity index (χ2v) is 7.20. The lowest BCUT2D eigenvalue weighted by atomic mass is 9.88. The van der Waals surface area contributed by atoms with E-state index in [-0.39, 0.29) is 34.7 Å². The van der Waals surface area contributed by atoms with E-state index in [1.807, 2.05) is 24.3 Å². The number of esters is 1. The Morgan fingerprint density at radius 3 is 2.80 bits per heavy atom. The first-order valence-electron chi connectivity index (χ1n) is 9.79. The molecule has 2 heterocycles. The molecule has 0 radical (unpaired) electrons. The van der Waals surface area contributed by atoms with Crippen molar-refractivity contribution in [1.29, 1.82) is 5.26 Å². The SMILES string of the molecule is Cc1oc(-n2cccc2)c(C#N)c1C(=O)OCC(=O)N[C@H]1CCCc2ccccc21. The second-order valence-electron chi connectivity index (χ2n) is 7.20. The number of aromatic nitrogens is 1. The topological polar surface area (TPSA) is 97.3 Å². The summed E-state index contributed by atoms with van der Waals surface area (Å²) in [5, 5.41) is 12.5. The molecule has 1 aromatic carbocycles. The van der Waals surface area contributed by atoms with Crippen molar-refractivity contribution in [2.45, 2.75) is 32.2 Å². The summed E-state index contributed by atoms with van der Waals surface area (Å²) in [5.74, 6) is -0.627. The Hall–Kier alpha value is -3.79. The standard InChI is InChI=1S/C23H21N3O4/c1-15-21(18(13-24)22(30-15)26-11-4-5-12-26)23(28)29-14-20(27)25-19-10-6-8-16-7-2-3-9-17(16)19/h2-5,7,9,11-12,19H,6,8,10,14H2,1H3,(H,25,27)/t19-/m0/s1. The maximum atomic E-state index is 12.6. The molecule has 3 aromatic rings. The third-order valence-electron chi connectivity index (χ3n) is 5.26. The van der Waals surface area contributed by atoms with E-state index >= 15 is 0 Å². The summed E-state index contributed by atoms with van der Waals surface area (Å²) >= 11 is 0. The van der Waals surface area contributed by atoms with Crippen LogP contribution >= 0.6 is 0 Å². The normalized spacial score (nSPS) is 15.1. The van der Waals surface area contributed by atoms with Crippen LogP contribution in [0, 0.1) is 18.3 Å². The molecule has 0 fully saturated rings. The van der Waals surface area contributed by atoms with Crippen molar-refractivity contribution in [2.24, 2.45) is 0 Å². The zero-order valence-corrected chi connectivity index (χ0v) is 16.6. The highest BCUT2D eigenvalue weighted by Gasteiger charge is 2.27. The van der Waals surface area contributed by atoms with Crippen molar-refractivity contribution in [3.8, 4) is 12.0 Å². The van der Waals surface area contributed by atoms with Crippen LogP contribution in [0.3, 0.4) is 0 Å². The van der Waals surface area contributed by atoms with Gasteiger partial charge in [-0.3, -0.25) is 9.36 Å². The molecule has 30 heavy (non-hydrogen) atoms. The predicted molar refractivity (Wildman–Crippen MR) is 108 cm³/mol. The summed E-state index contributed by atoms with van der Waals surface area (Å²) in [6, 6.07) is 13.5. The molecule has 2 aromatic heterocycles. The summed E-state index contributed by atoms with van der Waals surface area (Å²) in [6.45, 7) is 1.16. The molecule has 1 atom stereocenters. The third kappa shape index (κ3) is 3.72. The van der Waals surface area contributed by atoms with Crippen LogP contribution in [-0.4, -0.2) is 23.1 Å². The Morgan fingerprint density at radius 1 is 1.27 bits per heavy atom. The van der Waals surface area contributed by atoms with E-state index in [9.17, 15) is 14.9 Å². The van der Waals surface area contributed by atoms with Crippen LogP contribution in [0.1, 0.15) is 51.7 Å². The van der Waals surface area contributed by atoms with Crippen LogP contribution in [0.15, 0.2) is 53.2 Å². The second kappa shape index (κ2) is 8.29. The number of hydrogen-bond donors (Lipinski definition) is 1. The van der Waals surface area contributed by atoms with Gasteiger partial charge in [0, 0.05) is 12.4 Å². The van der Waals surface area contributed by atoms with Crippen LogP contribution in [0.25, 0.3) is 5.88 Å². The van der Waals surface area contributed by atoms with E-state index in [0.717, 1.165) is 24.8 Å². The minimum absolute atomic E-state index is 0.0389. The van der Waals surface area contributed by atoms with Gasteiger partial charge in [0.1, 0.15) is 23.0 Å². The molecular formula is C23H21N3O4. The van der Waals surface area contributed by atoms with Crippen LogP contribution in [0.5, 0.6) is 0 Å². The van der Waals surface area contributed by atoms with E-state index < -0.39 is 12.6 Å². The highest BCUT2D eigenvalue weighted by atomic mass is 16.5. The molecule has 7 heteroatoms. The number of hydrogen-bond acceptors (Lipinski definition) is 5. The zero-order chi connectivity index (χ0) is 21.1. The van der Waals surface area contributed by atoms with Crippen molar-refractivity contribution < 1.29 is 18.7 Å². The predicted octanol–water partition coefficient (Wildman–Crippen LogP) is 3.60. The molecule has 0 saturated carbocycles. The van der Waals surface area contributed by atoms with Gasteiger partial charge < -0.3 is 14.5 Å². The Morgan fingerprint density at radius 2 is 2.03 bits per heavy atom. The van der Waals surface area contributed by atoms with E-state index in [4.69, 9.17) is 9.15 Å². The molecule has 1 aliphatic carbocycles. The summed E-state index contributed by atoms with van der Waals surface area (Å²) in [6.07, 6.45) is 6.26. The first-order chi connectivity index (χ1) is 14.6. The lowest BCUT2D eigenvalue weighted by Crippen LogP contribution is -2.34. The number of nitrogens with one attached hydrogen (secondary N) is 1. The number of aryl methyl sites for hydroxylation is 2. The molecule has 7 nitrogen and oxygen atoms in total. The summed E-state index contributed by atoms with van der Waals surface area (Å²) in [7, 11) is 0. The van der Waals surface area contributed by atoms with E-state index in [1.165, 1.54) is 5.56 Å². The van der Waals surface area contributed by atoms with Crippen LogP contribution < -0.4 is 5.32 Å². The number of benzene rings is 1. The van der Waals surface area contributed by atoms with Crippen LogP contribution in [0.2, 0.25) is 0 Å². The van der Waals surface area contributed by atoms with Gasteiger partial charge in [-0.2, -0.15) is 5.26 Å². The highest BCUT2D eigenvalue weighted by Crippen LogP contribution is 2.29. The van der Waals surface area contributed by atoms with Gasteiger partial charge in [-0.15, -0.1) is 0 Å². The van der Waals surface area contributed by atoms with Gasteiger partial charge in [-0.25, -0.2) is 4.79 Å². The lowest BCUT2D eigenvalue weighted by Gasteiger charge is -2.26. The maximum absolute atomic E-state index is 12.6. The Bertz CT molecular complexity index is 1120. The van der Waals surface area contributed by atoms with Crippen molar-refractivity contribution in [3.05, 3.63) is 76.8 Å². The number of carbonyl (C=O) groups is 2. The van der Waals surface area contributed by atoms with Gasteiger partial charge in [0.05, 0.1) is 6.04 Å². The molecule has 0 aliphatic heterocycles. The van der Waals surface area contributed by atoms with E-state index in [2.05, 4.69) is 11.4 Å². The highest BCUT2D eigenvalue weighted by molar-refractivity contribution is 5.95. The number of furan rings is 1. The maximum Gasteiger partial charge on any atom is 0.343 e. The largest absolute Gasteiger partial charge is 0.452 e. The fourth-order valence-corrected chi connectivity index (χ4v) is 3.87. The van der Waals surface area contributed by atoms with Crippen LogP contribution in [-0.2, 0) is 16.0 Å². The van der Waals surface area contributed by atoms with Gasteiger partial charge in [0.25, 0.3) is 5.91 Å². The van der Waals surface area contributed by atoms with Crippen LogP contribution in [0.4, 0.5) is 0 Å². The van der Waals surface area contributed by atoms with Crippen molar-refractivity contribution >= 4 is 11.9 Å². The minimum atomic E-state index is -0.759. The molecule has 1 N–H and O–H groups in total. The molecule has 4 rings (SSSR count). The number of carbonyl (C=O) groups excluding carboxylic acids is 2. The monoisotopic (exact) mass is 403 g/mol. The number of amides is 1. The van der Waals surface area contributed by atoms with Gasteiger partial charge in [0.15, 0.2) is 6.61 Å². The quantitative estimate of drug-likeness (QED) is 0.657. The molecule has 152 valence electrons. The van der Waals surface area contributed by atoms with Gasteiger partial charge in [-0.05, 0) is 49.4 Å². The van der Waals surface area contributed by atoms with Gasteiger partial charge in [-0.1, -0.05) is 24.3 Å².